The summed E-state index contributed by atoms with van der Waals surface area (Å²) in [6.07, 6.45) is 0.899. The number of morpholine rings is 1. The lowest BCUT2D eigenvalue weighted by atomic mass is 10.2. The summed E-state index contributed by atoms with van der Waals surface area (Å²) in [6, 6.07) is 4.04. The minimum Gasteiger partial charge on any atom is -0.379 e. The standard InChI is InChI=1S/C15H22FN3O2/c1-12-11-13(16)3-4-14(12)18-15(20)17-5-2-6-19-7-9-21-10-8-19/h3-4,11H,2,5-10H2,1H3,(H2,17,18,20). The lowest BCUT2D eigenvalue weighted by molar-refractivity contribution is 0.0375. The zero-order valence-electron chi connectivity index (χ0n) is 12.3. The number of urea groups is 1. The molecule has 0 bridgehead atoms. The minimum absolute atomic E-state index is 0.258. The van der Waals surface area contributed by atoms with Gasteiger partial charge in [0.2, 0.25) is 0 Å². The number of halogens is 1. The van der Waals surface area contributed by atoms with Crippen LogP contribution in [0.4, 0.5) is 14.9 Å². The number of carbonyl (C=O) groups excluding carboxylic acids is 1. The fraction of sp³-hybridized carbons (Fsp3) is 0.533. The fourth-order valence-electron chi connectivity index (χ4n) is 2.26. The van der Waals surface area contributed by atoms with Crippen molar-refractivity contribution in [1.82, 2.24) is 10.2 Å². The van der Waals surface area contributed by atoms with Gasteiger partial charge in [-0.15, -0.1) is 0 Å². The van der Waals surface area contributed by atoms with Crippen LogP contribution in [-0.2, 0) is 4.74 Å². The first-order chi connectivity index (χ1) is 10.1. The summed E-state index contributed by atoms with van der Waals surface area (Å²) in [5.74, 6) is -0.302. The zero-order chi connectivity index (χ0) is 15.1. The molecule has 0 unspecified atom stereocenters. The van der Waals surface area contributed by atoms with Gasteiger partial charge < -0.3 is 15.4 Å². The second kappa shape index (κ2) is 7.95. The molecule has 0 atom stereocenters. The lowest BCUT2D eigenvalue weighted by Crippen LogP contribution is -2.38. The Bertz CT molecular complexity index is 476. The molecular formula is C15H22FN3O2. The molecule has 6 heteroatoms. The number of hydrogen-bond acceptors (Lipinski definition) is 3. The van der Waals surface area contributed by atoms with Gasteiger partial charge in [0.1, 0.15) is 5.82 Å². The van der Waals surface area contributed by atoms with Crippen LogP contribution in [0.2, 0.25) is 0 Å². The molecule has 1 aromatic carbocycles. The van der Waals surface area contributed by atoms with Gasteiger partial charge in [-0.1, -0.05) is 0 Å². The fourth-order valence-corrected chi connectivity index (χ4v) is 2.26. The van der Waals surface area contributed by atoms with Crippen molar-refractivity contribution in [1.29, 1.82) is 0 Å². The highest BCUT2D eigenvalue weighted by Gasteiger charge is 2.09. The van der Waals surface area contributed by atoms with Crippen LogP contribution in [-0.4, -0.2) is 50.3 Å². The van der Waals surface area contributed by atoms with Gasteiger partial charge in [0.25, 0.3) is 0 Å². The molecule has 1 aliphatic rings. The summed E-state index contributed by atoms with van der Waals surface area (Å²) >= 11 is 0. The van der Waals surface area contributed by atoms with E-state index in [-0.39, 0.29) is 11.8 Å². The van der Waals surface area contributed by atoms with Crippen molar-refractivity contribution in [2.45, 2.75) is 13.3 Å². The highest BCUT2D eigenvalue weighted by atomic mass is 19.1. The molecule has 1 aliphatic heterocycles. The maximum absolute atomic E-state index is 13.0. The number of rotatable bonds is 5. The highest BCUT2D eigenvalue weighted by Crippen LogP contribution is 2.15. The number of carbonyl (C=O) groups is 1. The van der Waals surface area contributed by atoms with Gasteiger partial charge in [-0.3, -0.25) is 4.90 Å². The van der Waals surface area contributed by atoms with Crippen molar-refractivity contribution in [3.8, 4) is 0 Å². The lowest BCUT2D eigenvalue weighted by Gasteiger charge is -2.26. The second-order valence-corrected chi connectivity index (χ2v) is 5.15. The van der Waals surface area contributed by atoms with Gasteiger partial charge in [0, 0.05) is 25.3 Å². The first-order valence-corrected chi connectivity index (χ1v) is 7.26. The Labute approximate surface area is 124 Å². The Morgan fingerprint density at radius 2 is 2.14 bits per heavy atom. The summed E-state index contributed by atoms with van der Waals surface area (Å²) in [7, 11) is 0. The predicted octanol–water partition coefficient (Wildman–Crippen LogP) is 1.98. The van der Waals surface area contributed by atoms with Crippen molar-refractivity contribution in [2.24, 2.45) is 0 Å². The predicted molar refractivity (Wildman–Crippen MR) is 80.0 cm³/mol. The number of benzene rings is 1. The Kier molecular flexibility index (Phi) is 5.95. The molecule has 21 heavy (non-hydrogen) atoms. The number of nitrogens with zero attached hydrogens (tertiary/aromatic N) is 1. The third kappa shape index (κ3) is 5.32. The normalized spacial score (nSPS) is 15.7. The second-order valence-electron chi connectivity index (χ2n) is 5.15. The Morgan fingerprint density at radius 1 is 1.38 bits per heavy atom. The van der Waals surface area contributed by atoms with Gasteiger partial charge in [-0.25, -0.2) is 9.18 Å². The average Bonchev–Trinajstić information content (AvgIpc) is 2.48. The van der Waals surface area contributed by atoms with Crippen LogP contribution in [0.5, 0.6) is 0 Å². The van der Waals surface area contributed by atoms with Crippen molar-refractivity contribution in [3.63, 3.8) is 0 Å². The van der Waals surface area contributed by atoms with E-state index in [4.69, 9.17) is 4.74 Å². The Hall–Kier alpha value is -1.66. The molecule has 2 N–H and O–H groups in total. The van der Waals surface area contributed by atoms with Crippen LogP contribution in [0.1, 0.15) is 12.0 Å². The largest absolute Gasteiger partial charge is 0.379 e. The number of nitrogens with one attached hydrogen (secondary N) is 2. The monoisotopic (exact) mass is 295 g/mol. The molecule has 2 amide bonds. The average molecular weight is 295 g/mol. The molecule has 0 saturated carbocycles. The number of hydrogen-bond donors (Lipinski definition) is 2. The molecule has 5 nitrogen and oxygen atoms in total. The van der Waals surface area contributed by atoms with Crippen molar-refractivity contribution in [3.05, 3.63) is 29.6 Å². The van der Waals surface area contributed by atoms with Gasteiger partial charge in [-0.05, 0) is 43.7 Å². The van der Waals surface area contributed by atoms with Crippen LogP contribution < -0.4 is 10.6 Å². The van der Waals surface area contributed by atoms with Crippen LogP contribution in [0, 0.1) is 12.7 Å². The molecule has 1 saturated heterocycles. The van der Waals surface area contributed by atoms with Crippen molar-refractivity contribution in [2.75, 3.05) is 44.7 Å². The Balaban J connectivity index is 1.65. The third-order valence-electron chi connectivity index (χ3n) is 3.48. The van der Waals surface area contributed by atoms with Crippen molar-refractivity contribution < 1.29 is 13.9 Å². The molecule has 1 heterocycles. The smallest absolute Gasteiger partial charge is 0.319 e. The van der Waals surface area contributed by atoms with Gasteiger partial charge in [-0.2, -0.15) is 0 Å². The first kappa shape index (κ1) is 15.7. The van der Waals surface area contributed by atoms with E-state index in [1.807, 2.05) is 0 Å². The van der Waals surface area contributed by atoms with Crippen LogP contribution in [0.3, 0.4) is 0 Å². The van der Waals surface area contributed by atoms with Crippen LogP contribution in [0.25, 0.3) is 0 Å². The molecule has 2 rings (SSSR count). The number of ether oxygens (including phenoxy) is 1. The van der Waals surface area contributed by atoms with E-state index in [0.29, 0.717) is 17.8 Å². The van der Waals surface area contributed by atoms with Crippen LogP contribution >= 0.6 is 0 Å². The topological polar surface area (TPSA) is 53.6 Å². The number of aryl methyl sites for hydroxylation is 1. The molecule has 116 valence electrons. The summed E-state index contributed by atoms with van der Waals surface area (Å²) in [6.45, 7) is 6.83. The highest BCUT2D eigenvalue weighted by molar-refractivity contribution is 5.89. The van der Waals surface area contributed by atoms with E-state index in [1.165, 1.54) is 12.1 Å². The van der Waals surface area contributed by atoms with E-state index >= 15 is 0 Å². The van der Waals surface area contributed by atoms with E-state index < -0.39 is 0 Å². The molecular weight excluding hydrogens is 273 g/mol. The minimum atomic E-state index is -0.302. The number of anilines is 1. The molecule has 0 spiro atoms. The zero-order valence-corrected chi connectivity index (χ0v) is 12.3. The summed E-state index contributed by atoms with van der Waals surface area (Å²) in [5, 5.41) is 5.54. The van der Waals surface area contributed by atoms with E-state index in [1.54, 1.807) is 13.0 Å². The maximum atomic E-state index is 13.0. The third-order valence-corrected chi connectivity index (χ3v) is 3.48. The molecule has 1 fully saturated rings. The SMILES string of the molecule is Cc1cc(F)ccc1NC(=O)NCCCN1CCOCC1. The summed E-state index contributed by atoms with van der Waals surface area (Å²) < 4.78 is 18.3. The van der Waals surface area contributed by atoms with Crippen LogP contribution in [0.15, 0.2) is 18.2 Å². The van der Waals surface area contributed by atoms with E-state index in [2.05, 4.69) is 15.5 Å². The molecule has 0 radical (unpaired) electrons. The van der Waals surface area contributed by atoms with E-state index in [0.717, 1.165) is 39.3 Å². The quantitative estimate of drug-likeness (QED) is 0.817. The molecule has 0 aromatic heterocycles. The Morgan fingerprint density at radius 3 is 2.86 bits per heavy atom. The van der Waals surface area contributed by atoms with Gasteiger partial charge in [0.15, 0.2) is 0 Å². The summed E-state index contributed by atoms with van der Waals surface area (Å²) in [5.41, 5.74) is 1.33. The molecule has 1 aromatic rings. The van der Waals surface area contributed by atoms with Gasteiger partial charge >= 0.3 is 6.03 Å². The number of amides is 2. The van der Waals surface area contributed by atoms with Crippen molar-refractivity contribution >= 4 is 11.7 Å². The first-order valence-electron chi connectivity index (χ1n) is 7.26. The maximum Gasteiger partial charge on any atom is 0.319 e. The molecule has 0 aliphatic carbocycles. The van der Waals surface area contributed by atoms with Gasteiger partial charge in [0.05, 0.1) is 13.2 Å². The summed E-state index contributed by atoms with van der Waals surface area (Å²) in [4.78, 5) is 14.1. The van der Waals surface area contributed by atoms with E-state index in [9.17, 15) is 9.18 Å².